The second kappa shape index (κ2) is 9.17. The van der Waals surface area contributed by atoms with Gasteiger partial charge in [-0.1, -0.05) is 0 Å². The number of nitrogens with one attached hydrogen (secondary N) is 1. The van der Waals surface area contributed by atoms with Gasteiger partial charge in [-0.3, -0.25) is 0 Å². The number of alkyl carbamates (subject to hydrolysis) is 1. The van der Waals surface area contributed by atoms with Crippen molar-refractivity contribution < 1.29 is 33.6 Å². The fourth-order valence-corrected chi connectivity index (χ4v) is 2.29. The lowest BCUT2D eigenvalue weighted by molar-refractivity contribution is -0.139. The van der Waals surface area contributed by atoms with Crippen LogP contribution in [0.3, 0.4) is 0 Å². The molecule has 0 spiro atoms. The molecule has 1 aromatic carbocycles. The van der Waals surface area contributed by atoms with Gasteiger partial charge in [-0.15, -0.1) is 0 Å². The number of ether oxygens (including phenoxy) is 4. The molecular weight excluding hydrogens is 342 g/mol. The maximum absolute atomic E-state index is 11.8. The molecule has 0 aliphatic heterocycles. The largest absolute Gasteiger partial charge is 0.496 e. The van der Waals surface area contributed by atoms with Gasteiger partial charge in [0.15, 0.2) is 11.5 Å². The number of aliphatic carboxylic acids is 1. The van der Waals surface area contributed by atoms with Crippen LogP contribution < -0.4 is 19.5 Å². The third-order valence-electron chi connectivity index (χ3n) is 3.48. The Bertz CT molecular complexity index is 637. The predicted octanol–water partition coefficient (Wildman–Crippen LogP) is 2.62. The number of carboxylic acid groups (broad SMARTS) is 1. The van der Waals surface area contributed by atoms with Gasteiger partial charge in [0.25, 0.3) is 0 Å². The van der Waals surface area contributed by atoms with Crippen molar-refractivity contribution in [2.24, 2.45) is 0 Å². The summed E-state index contributed by atoms with van der Waals surface area (Å²) in [7, 11) is 4.54. The Morgan fingerprint density at radius 2 is 1.58 bits per heavy atom. The van der Waals surface area contributed by atoms with Crippen LogP contribution in [0.4, 0.5) is 4.79 Å². The molecule has 0 saturated heterocycles. The number of carbonyl (C=O) groups is 2. The highest BCUT2D eigenvalue weighted by Crippen LogP contribution is 2.35. The molecule has 0 aliphatic rings. The van der Waals surface area contributed by atoms with E-state index in [1.165, 1.54) is 21.3 Å². The summed E-state index contributed by atoms with van der Waals surface area (Å²) in [6.45, 7) is 5.12. The summed E-state index contributed by atoms with van der Waals surface area (Å²) in [5.74, 6) is 0.421. The van der Waals surface area contributed by atoms with E-state index in [9.17, 15) is 14.7 Å². The highest BCUT2D eigenvalue weighted by atomic mass is 16.6. The molecular formula is C18H27NO7. The third-order valence-corrected chi connectivity index (χ3v) is 3.48. The maximum atomic E-state index is 11.8. The first-order chi connectivity index (χ1) is 12.1. The molecule has 8 heteroatoms. The van der Waals surface area contributed by atoms with Crippen LogP contribution in [0.15, 0.2) is 12.1 Å². The lowest BCUT2D eigenvalue weighted by Gasteiger charge is -2.22. The number of benzene rings is 1. The minimum atomic E-state index is -1.14. The predicted molar refractivity (Wildman–Crippen MR) is 95.2 cm³/mol. The molecule has 1 aromatic rings. The normalized spacial score (nSPS) is 12.1. The van der Waals surface area contributed by atoms with E-state index < -0.39 is 23.7 Å². The molecule has 0 aromatic heterocycles. The van der Waals surface area contributed by atoms with Crippen molar-refractivity contribution in [1.82, 2.24) is 5.32 Å². The highest BCUT2D eigenvalue weighted by molar-refractivity contribution is 5.80. The molecule has 0 heterocycles. The van der Waals surface area contributed by atoms with Crippen molar-refractivity contribution in [3.8, 4) is 17.2 Å². The van der Waals surface area contributed by atoms with E-state index in [1.807, 2.05) is 0 Å². The van der Waals surface area contributed by atoms with Crippen LogP contribution in [0.2, 0.25) is 0 Å². The third kappa shape index (κ3) is 6.34. The van der Waals surface area contributed by atoms with Gasteiger partial charge in [0, 0.05) is 6.07 Å². The number of methoxy groups -OCH3 is 3. The van der Waals surface area contributed by atoms with Crippen molar-refractivity contribution in [3.63, 3.8) is 0 Å². The Kier molecular flexibility index (Phi) is 7.55. The Balaban J connectivity index is 2.89. The van der Waals surface area contributed by atoms with E-state index in [2.05, 4.69) is 5.32 Å². The molecule has 0 radical (unpaired) electrons. The molecule has 1 amide bonds. The average Bonchev–Trinajstić information content (AvgIpc) is 2.55. The molecule has 0 bridgehead atoms. The number of aryl methyl sites for hydroxylation is 1. The molecule has 0 fully saturated rings. The summed E-state index contributed by atoms with van der Waals surface area (Å²) in [5, 5.41) is 11.7. The first kappa shape index (κ1) is 21.4. The zero-order valence-electron chi connectivity index (χ0n) is 16.0. The van der Waals surface area contributed by atoms with Crippen LogP contribution in [0.5, 0.6) is 17.2 Å². The van der Waals surface area contributed by atoms with Crippen LogP contribution >= 0.6 is 0 Å². The summed E-state index contributed by atoms with van der Waals surface area (Å²) in [4.78, 5) is 23.3. The molecule has 146 valence electrons. The smallest absolute Gasteiger partial charge is 0.408 e. The van der Waals surface area contributed by atoms with Crippen molar-refractivity contribution in [2.45, 2.75) is 45.3 Å². The quantitative estimate of drug-likeness (QED) is 0.726. The maximum Gasteiger partial charge on any atom is 0.408 e. The van der Waals surface area contributed by atoms with E-state index in [1.54, 1.807) is 32.9 Å². The van der Waals surface area contributed by atoms with Crippen molar-refractivity contribution >= 4 is 12.1 Å². The van der Waals surface area contributed by atoms with Gasteiger partial charge in [-0.2, -0.15) is 0 Å². The second-order valence-corrected chi connectivity index (χ2v) is 6.59. The van der Waals surface area contributed by atoms with Gasteiger partial charge < -0.3 is 29.4 Å². The number of carbonyl (C=O) groups excluding carboxylic acids is 1. The van der Waals surface area contributed by atoms with Crippen molar-refractivity contribution in [1.29, 1.82) is 0 Å². The van der Waals surface area contributed by atoms with Crippen molar-refractivity contribution in [2.75, 3.05) is 21.3 Å². The van der Waals surface area contributed by atoms with Crippen LogP contribution in [0.25, 0.3) is 0 Å². The summed E-state index contributed by atoms with van der Waals surface area (Å²) in [6, 6.07) is 2.30. The first-order valence-electron chi connectivity index (χ1n) is 8.12. The van der Waals surface area contributed by atoms with Gasteiger partial charge in [0.05, 0.1) is 21.3 Å². The van der Waals surface area contributed by atoms with E-state index in [4.69, 9.17) is 18.9 Å². The number of rotatable bonds is 8. The highest BCUT2D eigenvalue weighted by Gasteiger charge is 2.24. The lowest BCUT2D eigenvalue weighted by Crippen LogP contribution is -2.43. The number of hydrogen-bond acceptors (Lipinski definition) is 6. The van der Waals surface area contributed by atoms with E-state index >= 15 is 0 Å². The van der Waals surface area contributed by atoms with Gasteiger partial charge in [-0.05, 0) is 45.2 Å². The summed E-state index contributed by atoms with van der Waals surface area (Å²) >= 11 is 0. The van der Waals surface area contributed by atoms with Crippen LogP contribution in [-0.4, -0.2) is 50.1 Å². The molecule has 26 heavy (non-hydrogen) atoms. The molecule has 2 N–H and O–H groups in total. The summed E-state index contributed by atoms with van der Waals surface area (Å²) in [5.41, 5.74) is 0.0297. The summed E-state index contributed by atoms with van der Waals surface area (Å²) in [6.07, 6.45) is -0.277. The number of carboxylic acids is 1. The van der Waals surface area contributed by atoms with E-state index in [-0.39, 0.29) is 6.42 Å². The van der Waals surface area contributed by atoms with E-state index in [0.29, 0.717) is 23.7 Å². The molecule has 1 unspecified atom stereocenters. The molecule has 8 nitrogen and oxygen atoms in total. The average molecular weight is 369 g/mol. The van der Waals surface area contributed by atoms with Crippen molar-refractivity contribution in [3.05, 3.63) is 17.7 Å². The Morgan fingerprint density at radius 1 is 1.04 bits per heavy atom. The van der Waals surface area contributed by atoms with Gasteiger partial charge >= 0.3 is 12.1 Å². The van der Waals surface area contributed by atoms with E-state index in [0.717, 1.165) is 5.56 Å². The minimum Gasteiger partial charge on any atom is -0.496 e. The minimum absolute atomic E-state index is 0.153. The van der Waals surface area contributed by atoms with Crippen LogP contribution in [0, 0.1) is 0 Å². The topological polar surface area (TPSA) is 103 Å². The Hall–Kier alpha value is -2.64. The number of amides is 1. The second-order valence-electron chi connectivity index (χ2n) is 6.59. The fraction of sp³-hybridized carbons (Fsp3) is 0.556. The zero-order valence-corrected chi connectivity index (χ0v) is 16.0. The lowest BCUT2D eigenvalue weighted by atomic mass is 10.0. The number of hydrogen-bond donors (Lipinski definition) is 2. The molecule has 0 aliphatic carbocycles. The van der Waals surface area contributed by atoms with Gasteiger partial charge in [0.2, 0.25) is 0 Å². The Morgan fingerprint density at radius 3 is 2.04 bits per heavy atom. The molecule has 1 rings (SSSR count). The molecule has 0 saturated carbocycles. The fourth-order valence-electron chi connectivity index (χ4n) is 2.29. The van der Waals surface area contributed by atoms with Gasteiger partial charge in [-0.25, -0.2) is 9.59 Å². The van der Waals surface area contributed by atoms with Crippen LogP contribution in [-0.2, 0) is 16.0 Å². The standard InChI is InChI=1S/C18H27NO7/c1-18(2,3)26-17(22)19-12(16(20)21)8-7-11-9-14(24-5)15(25-6)10-13(11)23-4/h9-10,12H,7-8H2,1-6H3,(H,19,22)(H,20,21). The first-order valence-corrected chi connectivity index (χ1v) is 8.12. The van der Waals surface area contributed by atoms with Gasteiger partial charge in [0.1, 0.15) is 17.4 Å². The monoisotopic (exact) mass is 369 g/mol. The summed E-state index contributed by atoms with van der Waals surface area (Å²) < 4.78 is 20.9. The SMILES string of the molecule is COc1cc(OC)c(OC)cc1CCC(NC(=O)OC(C)(C)C)C(=O)O. The van der Waals surface area contributed by atoms with Crippen LogP contribution in [0.1, 0.15) is 32.8 Å². The Labute approximate surface area is 153 Å². The molecule has 1 atom stereocenters. The zero-order chi connectivity index (χ0) is 19.9.